The minimum absolute atomic E-state index is 1.26. The van der Waals surface area contributed by atoms with Gasteiger partial charge in [-0.25, -0.2) is 22.8 Å². The first-order valence-electron chi connectivity index (χ1n) is 31.3. The van der Waals surface area contributed by atoms with E-state index >= 15 is 0 Å². The van der Waals surface area contributed by atoms with Gasteiger partial charge in [0, 0.05) is 101 Å². The number of hydrogen-bond donors (Lipinski definition) is 0. The zero-order valence-electron chi connectivity index (χ0n) is 56.9. The van der Waals surface area contributed by atoms with Crippen molar-refractivity contribution in [2.45, 2.75) is 83.1 Å². The average Bonchev–Trinajstić information content (AvgIpc) is 1.35. The lowest BCUT2D eigenvalue weighted by Gasteiger charge is -2.07. The van der Waals surface area contributed by atoms with E-state index < -0.39 is 0 Å². The summed E-state index contributed by atoms with van der Waals surface area (Å²) in [7, 11) is 12.5. The number of hydrogen-bond acceptors (Lipinski definition) is 0. The highest BCUT2D eigenvalue weighted by Crippen LogP contribution is 2.27. The molecular formula is C84H96N6+6. The molecule has 6 nitrogen and oxygen atoms in total. The van der Waals surface area contributed by atoms with Gasteiger partial charge in [-0.2, -0.15) is 4.57 Å². The molecule has 0 saturated carbocycles. The maximum atomic E-state index is 2.24. The Labute approximate surface area is 539 Å². The van der Waals surface area contributed by atoms with E-state index in [1.807, 2.05) is 0 Å². The molecule has 456 valence electrons. The van der Waals surface area contributed by atoms with E-state index in [4.69, 9.17) is 0 Å². The zero-order chi connectivity index (χ0) is 65.0. The van der Waals surface area contributed by atoms with Crippen molar-refractivity contribution in [2.75, 3.05) is 0 Å². The molecule has 0 aliphatic rings. The van der Waals surface area contributed by atoms with Crippen LogP contribution in [0.15, 0.2) is 255 Å². The van der Waals surface area contributed by atoms with Gasteiger partial charge in [0.2, 0.25) is 34.2 Å². The van der Waals surface area contributed by atoms with Gasteiger partial charge in [-0.15, -0.1) is 0 Å². The monoisotopic (exact) mass is 1190 g/mol. The fourth-order valence-corrected chi connectivity index (χ4v) is 11.6. The van der Waals surface area contributed by atoms with Crippen molar-refractivity contribution >= 4 is 0 Å². The Balaban J connectivity index is 0.000000154. The molecule has 6 heterocycles. The first kappa shape index (κ1) is 67.7. The second-order valence-electron chi connectivity index (χ2n) is 23.8. The third-order valence-corrected chi connectivity index (χ3v) is 16.8. The van der Waals surface area contributed by atoms with Crippen LogP contribution in [-0.4, -0.2) is 0 Å². The van der Waals surface area contributed by atoms with E-state index in [-0.39, 0.29) is 0 Å². The van der Waals surface area contributed by atoms with Gasteiger partial charge in [0.15, 0.2) is 36.7 Å². The van der Waals surface area contributed by atoms with Crippen LogP contribution < -0.4 is 27.4 Å². The summed E-state index contributed by atoms with van der Waals surface area (Å²) in [6, 6.07) is 78.7. The van der Waals surface area contributed by atoms with Crippen LogP contribution in [-0.2, 0) is 42.3 Å². The molecule has 0 atom stereocenters. The first-order valence-corrected chi connectivity index (χ1v) is 31.3. The van der Waals surface area contributed by atoms with Crippen LogP contribution in [0.25, 0.3) is 67.5 Å². The highest BCUT2D eigenvalue weighted by atomic mass is 14.9. The number of benzene rings is 6. The molecule has 0 aliphatic carbocycles. The van der Waals surface area contributed by atoms with E-state index in [0.717, 1.165) is 0 Å². The number of pyridine rings is 6. The van der Waals surface area contributed by atoms with Crippen molar-refractivity contribution in [1.29, 1.82) is 0 Å². The normalized spacial score (nSPS) is 10.3. The fraction of sp³-hybridized carbons (Fsp3) is 0.214. The number of aromatic nitrogens is 6. The molecule has 0 amide bonds. The van der Waals surface area contributed by atoms with Crippen LogP contribution in [0.2, 0.25) is 0 Å². The summed E-state index contributed by atoms with van der Waals surface area (Å²) in [6.07, 6.45) is 10.4. The molecule has 0 fully saturated rings. The maximum Gasteiger partial charge on any atom is 0.215 e. The van der Waals surface area contributed by atoms with Gasteiger partial charge < -0.3 is 0 Å². The number of nitrogens with zero attached hydrogens (tertiary/aromatic N) is 6. The van der Waals surface area contributed by atoms with Gasteiger partial charge in [0.05, 0.1) is 11.1 Å². The topological polar surface area (TPSA) is 23.3 Å². The van der Waals surface area contributed by atoms with Crippen LogP contribution in [0.1, 0.15) is 66.9 Å². The van der Waals surface area contributed by atoms with Crippen molar-refractivity contribution in [3.05, 3.63) is 322 Å². The van der Waals surface area contributed by atoms with Crippen molar-refractivity contribution in [3.63, 3.8) is 0 Å². The predicted molar refractivity (Wildman–Crippen MR) is 375 cm³/mol. The molecule has 0 spiro atoms. The summed E-state index contributed by atoms with van der Waals surface area (Å²) in [5.74, 6) is 0. The van der Waals surface area contributed by atoms with Gasteiger partial charge in [-0.1, -0.05) is 109 Å². The van der Waals surface area contributed by atoms with Crippen LogP contribution in [0.3, 0.4) is 0 Å². The minimum atomic E-state index is 1.26. The highest BCUT2D eigenvalue weighted by molar-refractivity contribution is 5.68. The van der Waals surface area contributed by atoms with E-state index in [0.29, 0.717) is 0 Å². The molecule has 6 aromatic carbocycles. The van der Waals surface area contributed by atoms with Crippen LogP contribution in [0.5, 0.6) is 0 Å². The second-order valence-corrected chi connectivity index (χ2v) is 23.8. The van der Waals surface area contributed by atoms with E-state index in [9.17, 15) is 0 Å². The lowest BCUT2D eigenvalue weighted by Crippen LogP contribution is -2.34. The minimum Gasteiger partial charge on any atom is -0.201 e. The molecule has 0 saturated heterocycles. The Kier molecular flexibility index (Phi) is 24.4. The molecule has 6 aromatic heterocycles. The largest absolute Gasteiger partial charge is 0.215 e. The fourth-order valence-electron chi connectivity index (χ4n) is 11.6. The second kappa shape index (κ2) is 32.4. The van der Waals surface area contributed by atoms with Gasteiger partial charge in [-0.05, 0) is 181 Å². The highest BCUT2D eigenvalue weighted by Gasteiger charge is 2.18. The lowest BCUT2D eigenvalue weighted by molar-refractivity contribution is -0.666. The third-order valence-electron chi connectivity index (χ3n) is 16.8. The van der Waals surface area contributed by atoms with E-state index in [2.05, 4.69) is 408 Å². The smallest absolute Gasteiger partial charge is 0.201 e. The molecule has 12 rings (SSSR count). The average molecular weight is 1190 g/mol. The SMILES string of the molecule is Cc1ccc(C)c(-c2cccc[n+]2C)c1.Cc1cccc(C)c1-c1cccc[n+]1C.Cc1cccc(C)c1-c1cccc[n+]1C.Cc1ccccc1-c1c(C)ccc[n+]1C.Cc1ccccc1-c1c(C)ccc[n+]1C.Cc1ccccc1-c1cccc(C)[n+]1C. The van der Waals surface area contributed by atoms with Crippen molar-refractivity contribution in [1.82, 2.24) is 0 Å². The third kappa shape index (κ3) is 17.5. The van der Waals surface area contributed by atoms with Crippen LogP contribution >= 0.6 is 0 Å². The number of aryl methyl sites for hydroxylation is 17. The molecule has 0 N–H and O–H groups in total. The Hall–Kier alpha value is -9.78. The van der Waals surface area contributed by atoms with Crippen molar-refractivity contribution < 1.29 is 27.4 Å². The van der Waals surface area contributed by atoms with Gasteiger partial charge in [0.1, 0.15) is 42.3 Å². The number of rotatable bonds is 6. The Morgan fingerprint density at radius 3 is 0.911 bits per heavy atom. The molecule has 90 heavy (non-hydrogen) atoms. The van der Waals surface area contributed by atoms with Crippen molar-refractivity contribution in [2.24, 2.45) is 42.3 Å². The summed E-state index contributed by atoms with van der Waals surface area (Å²) in [6.45, 7) is 25.8. The van der Waals surface area contributed by atoms with Gasteiger partial charge in [0.25, 0.3) is 0 Å². The van der Waals surface area contributed by atoms with Gasteiger partial charge >= 0.3 is 0 Å². The summed E-state index contributed by atoms with van der Waals surface area (Å²) < 4.78 is 13.1. The van der Waals surface area contributed by atoms with E-state index in [1.54, 1.807) is 0 Å². The lowest BCUT2D eigenvalue weighted by atomic mass is 9.99. The quantitative estimate of drug-likeness (QED) is 0.148. The van der Waals surface area contributed by atoms with Crippen LogP contribution in [0.4, 0.5) is 0 Å². The van der Waals surface area contributed by atoms with E-state index in [1.165, 1.54) is 134 Å². The zero-order valence-corrected chi connectivity index (χ0v) is 56.9. The molecule has 12 aromatic rings. The van der Waals surface area contributed by atoms with Crippen molar-refractivity contribution in [3.8, 4) is 67.5 Å². The molecule has 6 heteroatoms. The molecule has 0 radical (unpaired) electrons. The summed E-state index contributed by atoms with van der Waals surface area (Å²) >= 11 is 0. The molecule has 0 unspecified atom stereocenters. The summed E-state index contributed by atoms with van der Waals surface area (Å²) in [4.78, 5) is 0. The van der Waals surface area contributed by atoms with Crippen LogP contribution in [0, 0.1) is 83.1 Å². The Morgan fingerprint density at radius 2 is 0.522 bits per heavy atom. The first-order chi connectivity index (χ1) is 43.2. The maximum absolute atomic E-state index is 2.24. The standard InChI is InChI=1S/6C14H16N/c2*1-11-7-6-8-12(2)14(11)13-9-4-5-10-15(13)3;2*1-11-7-4-5-9-13(11)14-12(2)8-6-10-15(14)3;1-11-7-4-5-9-13(11)14-10-6-8-12(2)15(14)3;1-11-7-8-12(2)13(10-11)14-6-4-5-9-15(14)3/h6*4-10H,1-3H3/q6*+1. The molecule has 0 aliphatic heterocycles. The Bertz CT molecular complexity index is 3860. The molecule has 0 bridgehead atoms. The van der Waals surface area contributed by atoms with Gasteiger partial charge in [-0.3, -0.25) is 0 Å². The summed E-state index contributed by atoms with van der Waals surface area (Å²) in [5.41, 5.74) is 31.4. The summed E-state index contributed by atoms with van der Waals surface area (Å²) in [5, 5.41) is 0. The predicted octanol–water partition coefficient (Wildman–Crippen LogP) is 16.8. The molecular weight excluding hydrogens is 1090 g/mol. The Morgan fingerprint density at radius 1 is 0.211 bits per heavy atom.